The third-order valence-electron chi connectivity index (χ3n) is 2.87. The number of nitrogens with one attached hydrogen (secondary N) is 1. The molecular weight excluding hydrogens is 204 g/mol. The first-order valence-electron chi connectivity index (χ1n) is 5.15. The maximum atomic E-state index is 10.8. The van der Waals surface area contributed by atoms with Gasteiger partial charge in [-0.25, -0.2) is 0 Å². The Kier molecular flexibility index (Phi) is 2.66. The van der Waals surface area contributed by atoms with E-state index in [-0.39, 0.29) is 5.92 Å². The summed E-state index contributed by atoms with van der Waals surface area (Å²) >= 11 is 0. The SMILES string of the molecule is C[C@@H](c1cc2ccccc2[nH]1)[C@H](N)C(=O)O. The summed E-state index contributed by atoms with van der Waals surface area (Å²) in [5, 5.41) is 9.92. The van der Waals surface area contributed by atoms with Crippen molar-refractivity contribution in [2.45, 2.75) is 18.9 Å². The van der Waals surface area contributed by atoms with Crippen molar-refractivity contribution in [2.75, 3.05) is 0 Å². The van der Waals surface area contributed by atoms with Crippen molar-refractivity contribution in [3.8, 4) is 0 Å². The fourth-order valence-electron chi connectivity index (χ4n) is 1.75. The van der Waals surface area contributed by atoms with Crippen LogP contribution in [0.15, 0.2) is 30.3 Å². The second-order valence-corrected chi connectivity index (χ2v) is 3.96. The van der Waals surface area contributed by atoms with Crippen molar-refractivity contribution in [2.24, 2.45) is 5.73 Å². The van der Waals surface area contributed by atoms with E-state index in [1.165, 1.54) is 0 Å². The zero-order valence-corrected chi connectivity index (χ0v) is 8.97. The van der Waals surface area contributed by atoms with Crippen molar-refractivity contribution in [3.63, 3.8) is 0 Å². The maximum Gasteiger partial charge on any atom is 0.321 e. The van der Waals surface area contributed by atoms with E-state index in [4.69, 9.17) is 10.8 Å². The van der Waals surface area contributed by atoms with Crippen LogP contribution in [0.1, 0.15) is 18.5 Å². The van der Waals surface area contributed by atoms with Gasteiger partial charge in [-0.3, -0.25) is 4.79 Å². The molecule has 0 aliphatic rings. The monoisotopic (exact) mass is 218 g/mol. The van der Waals surface area contributed by atoms with Crippen LogP contribution in [-0.4, -0.2) is 22.1 Å². The Labute approximate surface area is 93.1 Å². The number of hydrogen-bond donors (Lipinski definition) is 3. The number of carbonyl (C=O) groups is 1. The van der Waals surface area contributed by atoms with Crippen LogP contribution in [0.5, 0.6) is 0 Å². The minimum absolute atomic E-state index is 0.232. The van der Waals surface area contributed by atoms with Gasteiger partial charge in [-0.15, -0.1) is 0 Å². The van der Waals surface area contributed by atoms with Gasteiger partial charge in [-0.1, -0.05) is 25.1 Å². The summed E-state index contributed by atoms with van der Waals surface area (Å²) in [6.07, 6.45) is 0. The van der Waals surface area contributed by atoms with Crippen LogP contribution in [0.4, 0.5) is 0 Å². The molecule has 4 N–H and O–H groups in total. The number of nitrogens with two attached hydrogens (primary N) is 1. The molecule has 0 aliphatic heterocycles. The molecule has 0 amide bonds. The van der Waals surface area contributed by atoms with Crippen molar-refractivity contribution < 1.29 is 9.90 Å². The van der Waals surface area contributed by atoms with Gasteiger partial charge in [0.2, 0.25) is 0 Å². The molecule has 84 valence electrons. The molecular formula is C12H14N2O2. The predicted molar refractivity (Wildman–Crippen MR) is 62.3 cm³/mol. The van der Waals surface area contributed by atoms with E-state index in [9.17, 15) is 4.79 Å². The molecule has 4 heteroatoms. The first-order valence-corrected chi connectivity index (χ1v) is 5.15. The third-order valence-corrected chi connectivity index (χ3v) is 2.87. The second-order valence-electron chi connectivity index (χ2n) is 3.96. The zero-order chi connectivity index (χ0) is 11.7. The van der Waals surface area contributed by atoms with Crippen LogP contribution >= 0.6 is 0 Å². The summed E-state index contributed by atoms with van der Waals surface area (Å²) < 4.78 is 0. The standard InChI is InChI=1S/C12H14N2O2/c1-7(11(13)12(15)16)10-6-8-4-2-3-5-9(8)14-10/h2-7,11,14H,13H2,1H3,(H,15,16)/t7-,11-/m0/s1. The minimum Gasteiger partial charge on any atom is -0.480 e. The quantitative estimate of drug-likeness (QED) is 0.733. The molecule has 4 nitrogen and oxygen atoms in total. The summed E-state index contributed by atoms with van der Waals surface area (Å²) in [7, 11) is 0. The van der Waals surface area contributed by atoms with Gasteiger partial charge in [0.15, 0.2) is 0 Å². The molecule has 0 fully saturated rings. The lowest BCUT2D eigenvalue weighted by Crippen LogP contribution is -2.35. The van der Waals surface area contributed by atoms with E-state index in [2.05, 4.69) is 4.98 Å². The highest BCUT2D eigenvalue weighted by Crippen LogP contribution is 2.22. The number of fused-ring (bicyclic) bond motifs is 1. The number of benzene rings is 1. The van der Waals surface area contributed by atoms with Crippen molar-refractivity contribution in [1.82, 2.24) is 4.98 Å². The molecule has 0 radical (unpaired) electrons. The highest BCUT2D eigenvalue weighted by atomic mass is 16.4. The topological polar surface area (TPSA) is 79.1 Å². The van der Waals surface area contributed by atoms with Crippen molar-refractivity contribution in [3.05, 3.63) is 36.0 Å². The molecule has 16 heavy (non-hydrogen) atoms. The van der Waals surface area contributed by atoms with Gasteiger partial charge in [-0.2, -0.15) is 0 Å². The average molecular weight is 218 g/mol. The van der Waals surface area contributed by atoms with Crippen LogP contribution in [0, 0.1) is 0 Å². The second kappa shape index (κ2) is 3.98. The number of aromatic amines is 1. The Morgan fingerprint density at radius 1 is 1.44 bits per heavy atom. The van der Waals surface area contributed by atoms with E-state index in [1.807, 2.05) is 37.3 Å². The van der Waals surface area contributed by atoms with Crippen LogP contribution in [0.2, 0.25) is 0 Å². The Balaban J connectivity index is 2.36. The summed E-state index contributed by atoms with van der Waals surface area (Å²) in [5.74, 6) is -1.21. The van der Waals surface area contributed by atoms with Gasteiger partial charge in [-0.05, 0) is 17.5 Å². The number of aromatic nitrogens is 1. The van der Waals surface area contributed by atoms with E-state index >= 15 is 0 Å². The zero-order valence-electron chi connectivity index (χ0n) is 8.97. The van der Waals surface area contributed by atoms with E-state index in [0.717, 1.165) is 16.6 Å². The first kappa shape index (κ1) is 10.7. The van der Waals surface area contributed by atoms with Gasteiger partial charge < -0.3 is 15.8 Å². The number of H-pyrrole nitrogens is 1. The van der Waals surface area contributed by atoms with Gasteiger partial charge in [0.1, 0.15) is 6.04 Å². The normalized spacial score (nSPS) is 14.9. The molecule has 0 saturated heterocycles. The Morgan fingerprint density at radius 3 is 2.75 bits per heavy atom. The molecule has 0 saturated carbocycles. The highest BCUT2D eigenvalue weighted by Gasteiger charge is 2.22. The molecule has 0 spiro atoms. The number of rotatable bonds is 3. The minimum atomic E-state index is -0.980. The van der Waals surface area contributed by atoms with Gasteiger partial charge >= 0.3 is 5.97 Å². The Hall–Kier alpha value is -1.81. The lowest BCUT2D eigenvalue weighted by molar-refractivity contribution is -0.139. The van der Waals surface area contributed by atoms with Gasteiger partial charge in [0, 0.05) is 17.1 Å². The van der Waals surface area contributed by atoms with Gasteiger partial charge in [0.05, 0.1) is 0 Å². The lowest BCUT2D eigenvalue weighted by atomic mass is 9.99. The number of para-hydroxylation sites is 1. The Morgan fingerprint density at radius 2 is 2.12 bits per heavy atom. The third kappa shape index (κ3) is 1.79. The van der Waals surface area contributed by atoms with Crippen LogP contribution < -0.4 is 5.73 Å². The largest absolute Gasteiger partial charge is 0.480 e. The summed E-state index contributed by atoms with van der Waals surface area (Å²) in [6, 6.07) is 8.88. The fourth-order valence-corrected chi connectivity index (χ4v) is 1.75. The number of carboxylic acid groups (broad SMARTS) is 1. The van der Waals surface area contributed by atoms with Crippen molar-refractivity contribution >= 4 is 16.9 Å². The van der Waals surface area contributed by atoms with E-state index < -0.39 is 12.0 Å². The van der Waals surface area contributed by atoms with E-state index in [1.54, 1.807) is 0 Å². The van der Waals surface area contributed by atoms with Crippen LogP contribution in [0.25, 0.3) is 10.9 Å². The molecule has 1 heterocycles. The molecule has 2 atom stereocenters. The fraction of sp³-hybridized carbons (Fsp3) is 0.250. The molecule has 2 aromatic rings. The molecule has 2 rings (SSSR count). The smallest absolute Gasteiger partial charge is 0.321 e. The lowest BCUT2D eigenvalue weighted by Gasteiger charge is -2.13. The van der Waals surface area contributed by atoms with Crippen LogP contribution in [0.3, 0.4) is 0 Å². The van der Waals surface area contributed by atoms with E-state index in [0.29, 0.717) is 0 Å². The molecule has 1 aromatic heterocycles. The molecule has 1 aromatic carbocycles. The van der Waals surface area contributed by atoms with Crippen molar-refractivity contribution in [1.29, 1.82) is 0 Å². The molecule has 0 aliphatic carbocycles. The summed E-state index contributed by atoms with van der Waals surface area (Å²) in [5.41, 5.74) is 7.45. The first-order chi connectivity index (χ1) is 7.59. The van der Waals surface area contributed by atoms with Crippen LogP contribution in [-0.2, 0) is 4.79 Å². The number of hydrogen-bond acceptors (Lipinski definition) is 2. The molecule has 0 unspecified atom stereocenters. The molecule has 0 bridgehead atoms. The maximum absolute atomic E-state index is 10.8. The highest BCUT2D eigenvalue weighted by molar-refractivity contribution is 5.81. The average Bonchev–Trinajstić information content (AvgIpc) is 2.70. The summed E-state index contributed by atoms with van der Waals surface area (Å²) in [6.45, 7) is 1.81. The predicted octanol–water partition coefficient (Wildman–Crippen LogP) is 1.68. The number of aliphatic carboxylic acids is 1. The Bertz CT molecular complexity index is 485. The number of carboxylic acids is 1. The van der Waals surface area contributed by atoms with Gasteiger partial charge in [0.25, 0.3) is 0 Å². The summed E-state index contributed by atoms with van der Waals surface area (Å²) in [4.78, 5) is 14.0.